The second-order valence-electron chi connectivity index (χ2n) is 5.63. The lowest BCUT2D eigenvalue weighted by molar-refractivity contribution is 0.386. The van der Waals surface area contributed by atoms with Crippen LogP contribution in [0.25, 0.3) is 22.7 Å². The van der Waals surface area contributed by atoms with Gasteiger partial charge in [-0.05, 0) is 46.6 Å². The van der Waals surface area contributed by atoms with Crippen molar-refractivity contribution in [2.24, 2.45) is 0 Å². The molecular weight excluding hydrogens is 387 g/mol. The molecule has 25 heavy (non-hydrogen) atoms. The number of rotatable bonds is 3. The molecule has 4 aromatic rings. The highest BCUT2D eigenvalue weighted by molar-refractivity contribution is 9.10. The van der Waals surface area contributed by atoms with Gasteiger partial charge in [-0.15, -0.1) is 0 Å². The van der Waals surface area contributed by atoms with Crippen LogP contribution >= 0.6 is 15.9 Å². The van der Waals surface area contributed by atoms with Crippen molar-refractivity contribution in [2.45, 2.75) is 6.92 Å². The highest BCUT2D eigenvalue weighted by Crippen LogP contribution is 2.28. The van der Waals surface area contributed by atoms with Gasteiger partial charge in [-0.1, -0.05) is 0 Å². The van der Waals surface area contributed by atoms with Crippen LogP contribution in [0.2, 0.25) is 0 Å². The zero-order valence-electron chi connectivity index (χ0n) is 13.6. The molecule has 0 bridgehead atoms. The second kappa shape index (κ2) is 6.00. The average Bonchev–Trinajstić information content (AvgIpc) is 3.23. The summed E-state index contributed by atoms with van der Waals surface area (Å²) in [5.41, 5.74) is 3.62. The van der Waals surface area contributed by atoms with Gasteiger partial charge < -0.3 is 4.74 Å². The van der Waals surface area contributed by atoms with E-state index < -0.39 is 5.82 Å². The molecule has 0 atom stereocenters. The maximum absolute atomic E-state index is 13.7. The number of benzene rings is 1. The molecule has 0 N–H and O–H groups in total. The van der Waals surface area contributed by atoms with E-state index >= 15 is 0 Å². The molecule has 0 aliphatic carbocycles. The fourth-order valence-electron chi connectivity index (χ4n) is 2.87. The predicted octanol–water partition coefficient (Wildman–Crippen LogP) is 4.41. The van der Waals surface area contributed by atoms with Crippen LogP contribution < -0.4 is 4.74 Å². The third kappa shape index (κ3) is 2.60. The summed E-state index contributed by atoms with van der Waals surface area (Å²) in [5.74, 6) is 0.549. The fraction of sp³-hybridized carbons (Fsp3) is 0.111. The van der Waals surface area contributed by atoms with Gasteiger partial charge >= 0.3 is 0 Å². The van der Waals surface area contributed by atoms with Gasteiger partial charge in [0.05, 0.1) is 19.0 Å². The lowest BCUT2D eigenvalue weighted by atomic mass is 10.2. The van der Waals surface area contributed by atoms with Crippen LogP contribution in [0.3, 0.4) is 0 Å². The predicted molar refractivity (Wildman–Crippen MR) is 96.7 cm³/mol. The van der Waals surface area contributed by atoms with Crippen LogP contribution in [0, 0.1) is 12.7 Å². The van der Waals surface area contributed by atoms with E-state index in [4.69, 9.17) is 4.74 Å². The number of methoxy groups -OCH3 is 1. The Kier molecular flexibility index (Phi) is 3.80. The Balaban J connectivity index is 1.89. The minimum absolute atomic E-state index is 0.195. The molecule has 0 radical (unpaired) electrons. The molecule has 1 aromatic carbocycles. The summed E-state index contributed by atoms with van der Waals surface area (Å²) in [6, 6.07) is 6.77. The summed E-state index contributed by atoms with van der Waals surface area (Å²) in [6.45, 7) is 2.01. The Bertz CT molecular complexity index is 1090. The summed E-state index contributed by atoms with van der Waals surface area (Å²) >= 11 is 3.50. The van der Waals surface area contributed by atoms with Crippen molar-refractivity contribution in [3.8, 4) is 22.8 Å². The minimum Gasteiger partial charge on any atom is -0.494 e. The van der Waals surface area contributed by atoms with Gasteiger partial charge in [0.25, 0.3) is 0 Å². The topological polar surface area (TPSA) is 44.3 Å². The normalized spacial score (nSPS) is 11.2. The molecule has 7 heteroatoms. The van der Waals surface area contributed by atoms with Crippen molar-refractivity contribution in [2.75, 3.05) is 7.11 Å². The van der Waals surface area contributed by atoms with Crippen molar-refractivity contribution < 1.29 is 9.13 Å². The van der Waals surface area contributed by atoms with Crippen molar-refractivity contribution in [3.63, 3.8) is 0 Å². The summed E-state index contributed by atoms with van der Waals surface area (Å²) in [5, 5.41) is 0. The summed E-state index contributed by atoms with van der Waals surface area (Å²) in [7, 11) is 1.45. The SMILES string of the molecule is COc1cc(-n2ccnc2-c2cc(C)c3ncc(Br)n3c2)ccc1F. The monoisotopic (exact) mass is 400 g/mol. The Morgan fingerprint density at radius 3 is 2.84 bits per heavy atom. The Labute approximate surface area is 151 Å². The third-order valence-electron chi connectivity index (χ3n) is 4.06. The van der Waals surface area contributed by atoms with E-state index in [1.807, 2.05) is 34.4 Å². The molecular formula is C18H14BrFN4O. The van der Waals surface area contributed by atoms with Gasteiger partial charge in [0.1, 0.15) is 16.1 Å². The van der Waals surface area contributed by atoms with Crippen molar-refractivity contribution in [1.29, 1.82) is 0 Å². The van der Waals surface area contributed by atoms with Crippen molar-refractivity contribution in [3.05, 3.63) is 65.0 Å². The number of pyridine rings is 1. The molecule has 0 fully saturated rings. The zero-order chi connectivity index (χ0) is 17.6. The molecule has 0 spiro atoms. The summed E-state index contributed by atoms with van der Waals surface area (Å²) in [6.07, 6.45) is 7.29. The van der Waals surface area contributed by atoms with Crippen LogP contribution in [0.4, 0.5) is 4.39 Å². The number of fused-ring (bicyclic) bond motifs is 1. The zero-order valence-corrected chi connectivity index (χ0v) is 15.2. The summed E-state index contributed by atoms with van der Waals surface area (Å²) in [4.78, 5) is 8.87. The number of hydrogen-bond donors (Lipinski definition) is 0. The fourth-order valence-corrected chi connectivity index (χ4v) is 3.25. The van der Waals surface area contributed by atoms with E-state index in [-0.39, 0.29) is 5.75 Å². The summed E-state index contributed by atoms with van der Waals surface area (Å²) < 4.78 is 23.5. The number of nitrogens with zero attached hydrogens (tertiary/aromatic N) is 4. The maximum atomic E-state index is 13.7. The highest BCUT2D eigenvalue weighted by atomic mass is 79.9. The smallest absolute Gasteiger partial charge is 0.165 e. The quantitative estimate of drug-likeness (QED) is 0.511. The van der Waals surface area contributed by atoms with E-state index in [1.165, 1.54) is 13.2 Å². The molecule has 3 heterocycles. The van der Waals surface area contributed by atoms with Crippen LogP contribution in [-0.2, 0) is 0 Å². The van der Waals surface area contributed by atoms with Gasteiger partial charge in [-0.25, -0.2) is 14.4 Å². The molecule has 4 rings (SSSR count). The standard InChI is InChI=1S/C18H14BrFN4O/c1-11-7-12(10-24-16(19)9-22-17(11)24)18-21-5-6-23(18)13-3-4-14(20)15(8-13)25-2/h3-10H,1-2H3. The molecule has 3 aromatic heterocycles. The molecule has 0 aliphatic heterocycles. The number of imidazole rings is 2. The Morgan fingerprint density at radius 1 is 1.20 bits per heavy atom. The first-order valence-electron chi connectivity index (χ1n) is 7.59. The van der Waals surface area contributed by atoms with Gasteiger partial charge in [-0.3, -0.25) is 8.97 Å². The first-order chi connectivity index (χ1) is 12.1. The molecule has 0 aliphatic rings. The maximum Gasteiger partial charge on any atom is 0.165 e. The van der Waals surface area contributed by atoms with E-state index in [0.29, 0.717) is 0 Å². The average molecular weight is 401 g/mol. The van der Waals surface area contributed by atoms with Crippen LogP contribution in [0.1, 0.15) is 5.56 Å². The van der Waals surface area contributed by atoms with Crippen LogP contribution in [0.15, 0.2) is 53.7 Å². The van der Waals surface area contributed by atoms with Crippen molar-refractivity contribution in [1.82, 2.24) is 18.9 Å². The largest absolute Gasteiger partial charge is 0.494 e. The van der Waals surface area contributed by atoms with Crippen LogP contribution in [0.5, 0.6) is 5.75 Å². The molecule has 0 unspecified atom stereocenters. The highest BCUT2D eigenvalue weighted by Gasteiger charge is 2.13. The van der Waals surface area contributed by atoms with Crippen LogP contribution in [-0.4, -0.2) is 26.0 Å². The Hall–Kier alpha value is -2.67. The molecule has 126 valence electrons. The van der Waals surface area contributed by atoms with E-state index in [0.717, 1.165) is 32.9 Å². The van der Waals surface area contributed by atoms with E-state index in [2.05, 4.69) is 25.9 Å². The van der Waals surface area contributed by atoms with E-state index in [1.54, 1.807) is 24.5 Å². The first kappa shape index (κ1) is 15.8. The van der Waals surface area contributed by atoms with E-state index in [9.17, 15) is 4.39 Å². The van der Waals surface area contributed by atoms with Gasteiger partial charge in [0.15, 0.2) is 11.6 Å². The van der Waals surface area contributed by atoms with Gasteiger partial charge in [0.2, 0.25) is 0 Å². The molecule has 0 saturated carbocycles. The van der Waals surface area contributed by atoms with Crippen molar-refractivity contribution >= 4 is 21.6 Å². The molecule has 0 saturated heterocycles. The number of aryl methyl sites for hydroxylation is 1. The third-order valence-corrected chi connectivity index (χ3v) is 4.64. The molecule has 5 nitrogen and oxygen atoms in total. The Morgan fingerprint density at radius 2 is 2.04 bits per heavy atom. The van der Waals surface area contributed by atoms with Gasteiger partial charge in [-0.2, -0.15) is 0 Å². The lowest BCUT2D eigenvalue weighted by Gasteiger charge is -2.11. The number of ether oxygens (including phenoxy) is 1. The second-order valence-corrected chi connectivity index (χ2v) is 6.44. The lowest BCUT2D eigenvalue weighted by Crippen LogP contribution is -2.00. The first-order valence-corrected chi connectivity index (χ1v) is 8.38. The number of hydrogen-bond acceptors (Lipinski definition) is 3. The number of aromatic nitrogens is 4. The van der Waals surface area contributed by atoms with Gasteiger partial charge in [0, 0.05) is 30.2 Å². The molecule has 0 amide bonds. The minimum atomic E-state index is -0.396. The number of halogens is 2.